The van der Waals surface area contributed by atoms with Gasteiger partial charge in [-0.15, -0.1) is 11.3 Å². The largest absolute Gasteiger partial charge is 0.491 e. The second-order valence-corrected chi connectivity index (χ2v) is 6.64. The Labute approximate surface area is 125 Å². The fourth-order valence-electron chi connectivity index (χ4n) is 2.07. The minimum absolute atomic E-state index is 0.202. The Balaban J connectivity index is 2.00. The van der Waals surface area contributed by atoms with Gasteiger partial charge in [-0.3, -0.25) is 0 Å². The Morgan fingerprint density at radius 1 is 1.10 bits per heavy atom. The Bertz CT molecular complexity index is 547. The van der Waals surface area contributed by atoms with Gasteiger partial charge in [0.25, 0.3) is 0 Å². The minimum Gasteiger partial charge on any atom is -0.491 e. The molecule has 2 rings (SSSR count). The van der Waals surface area contributed by atoms with Gasteiger partial charge >= 0.3 is 0 Å². The number of thiophene rings is 1. The fourth-order valence-corrected chi connectivity index (χ4v) is 2.97. The van der Waals surface area contributed by atoms with Crippen LogP contribution in [0.4, 0.5) is 0 Å². The highest BCUT2D eigenvalue weighted by Crippen LogP contribution is 2.24. The van der Waals surface area contributed by atoms with Crippen molar-refractivity contribution in [1.82, 2.24) is 5.32 Å². The van der Waals surface area contributed by atoms with E-state index in [1.807, 2.05) is 23.5 Å². The monoisotopic (exact) mass is 289 g/mol. The van der Waals surface area contributed by atoms with Gasteiger partial charge in [-0.05, 0) is 45.9 Å². The maximum Gasteiger partial charge on any atom is 0.124 e. The van der Waals surface area contributed by atoms with Gasteiger partial charge in [0.05, 0.1) is 6.10 Å². The first kappa shape index (κ1) is 15.1. The van der Waals surface area contributed by atoms with E-state index in [-0.39, 0.29) is 6.10 Å². The van der Waals surface area contributed by atoms with Gasteiger partial charge in [-0.1, -0.05) is 18.2 Å². The molecular formula is C17H23NOS. The lowest BCUT2D eigenvalue weighted by molar-refractivity contribution is 0.239. The van der Waals surface area contributed by atoms with Crippen molar-refractivity contribution in [2.45, 2.75) is 46.4 Å². The van der Waals surface area contributed by atoms with E-state index in [1.165, 1.54) is 15.3 Å². The number of benzene rings is 1. The lowest BCUT2D eigenvalue weighted by atomic mass is 10.2. The van der Waals surface area contributed by atoms with E-state index < -0.39 is 0 Å². The molecule has 0 saturated carbocycles. The lowest BCUT2D eigenvalue weighted by Crippen LogP contribution is -2.18. The molecule has 0 radical (unpaired) electrons. The van der Waals surface area contributed by atoms with Crippen LogP contribution in [0, 0.1) is 6.92 Å². The maximum absolute atomic E-state index is 5.85. The molecule has 20 heavy (non-hydrogen) atoms. The zero-order valence-corrected chi connectivity index (χ0v) is 13.5. The van der Waals surface area contributed by atoms with Crippen LogP contribution in [-0.2, 0) is 6.54 Å². The summed E-state index contributed by atoms with van der Waals surface area (Å²) in [5, 5.41) is 3.57. The van der Waals surface area contributed by atoms with Crippen molar-refractivity contribution in [3.05, 3.63) is 51.7 Å². The van der Waals surface area contributed by atoms with Gasteiger partial charge in [0.15, 0.2) is 0 Å². The highest BCUT2D eigenvalue weighted by molar-refractivity contribution is 7.12. The Kier molecular flexibility index (Phi) is 5.21. The predicted octanol–water partition coefficient (Wildman–Crippen LogP) is 4.69. The standard InChI is InChI=1S/C17H23NOS/c1-12(2)19-16-8-6-5-7-15(16)11-18-14(4)17-10-9-13(3)20-17/h5-10,12,14,18H,11H2,1-4H3. The van der Waals surface area contributed by atoms with Gasteiger partial charge in [0, 0.05) is 27.9 Å². The molecule has 0 bridgehead atoms. The van der Waals surface area contributed by atoms with Gasteiger partial charge in [0.1, 0.15) is 5.75 Å². The van der Waals surface area contributed by atoms with Crippen LogP contribution in [0.2, 0.25) is 0 Å². The topological polar surface area (TPSA) is 21.3 Å². The van der Waals surface area contributed by atoms with Crippen molar-refractivity contribution >= 4 is 11.3 Å². The number of ether oxygens (including phenoxy) is 1. The molecule has 3 heteroatoms. The summed E-state index contributed by atoms with van der Waals surface area (Å²) in [6.45, 7) is 9.29. The summed E-state index contributed by atoms with van der Waals surface area (Å²) in [4.78, 5) is 2.74. The number of nitrogens with one attached hydrogen (secondary N) is 1. The number of rotatable bonds is 6. The normalized spacial score (nSPS) is 12.7. The van der Waals surface area contributed by atoms with Crippen molar-refractivity contribution in [3.8, 4) is 5.75 Å². The first-order chi connectivity index (χ1) is 9.56. The van der Waals surface area contributed by atoms with E-state index in [1.54, 1.807) is 0 Å². The molecule has 2 nitrogen and oxygen atoms in total. The van der Waals surface area contributed by atoms with Crippen LogP contribution < -0.4 is 10.1 Å². The molecule has 108 valence electrons. The molecule has 1 atom stereocenters. The van der Waals surface area contributed by atoms with Crippen LogP contribution in [-0.4, -0.2) is 6.10 Å². The first-order valence-electron chi connectivity index (χ1n) is 7.10. The van der Waals surface area contributed by atoms with Crippen LogP contribution in [0.25, 0.3) is 0 Å². The molecule has 0 spiro atoms. The van der Waals surface area contributed by atoms with Gasteiger partial charge in [-0.2, -0.15) is 0 Å². The Hall–Kier alpha value is -1.32. The van der Waals surface area contributed by atoms with Crippen LogP contribution in [0.3, 0.4) is 0 Å². The van der Waals surface area contributed by atoms with E-state index >= 15 is 0 Å². The Morgan fingerprint density at radius 3 is 2.50 bits per heavy atom. The lowest BCUT2D eigenvalue weighted by Gasteiger charge is -2.17. The molecule has 0 aliphatic rings. The third-order valence-electron chi connectivity index (χ3n) is 3.12. The molecule has 1 aromatic carbocycles. The van der Waals surface area contributed by atoms with Crippen LogP contribution >= 0.6 is 11.3 Å². The van der Waals surface area contributed by atoms with Crippen LogP contribution in [0.15, 0.2) is 36.4 Å². The third kappa shape index (κ3) is 4.09. The molecule has 0 fully saturated rings. The average molecular weight is 289 g/mol. The molecule has 0 aliphatic heterocycles. The predicted molar refractivity (Wildman–Crippen MR) is 86.5 cm³/mol. The van der Waals surface area contributed by atoms with E-state index in [4.69, 9.17) is 4.74 Å². The van der Waals surface area contributed by atoms with Crippen molar-refractivity contribution in [2.24, 2.45) is 0 Å². The minimum atomic E-state index is 0.202. The van der Waals surface area contributed by atoms with Crippen LogP contribution in [0.1, 0.15) is 42.1 Å². The van der Waals surface area contributed by atoms with Crippen LogP contribution in [0.5, 0.6) is 5.75 Å². The van der Waals surface area contributed by atoms with Crippen molar-refractivity contribution in [3.63, 3.8) is 0 Å². The number of hydrogen-bond donors (Lipinski definition) is 1. The number of para-hydroxylation sites is 1. The van der Waals surface area contributed by atoms with Gasteiger partial charge < -0.3 is 10.1 Å². The van der Waals surface area contributed by atoms with E-state index in [9.17, 15) is 0 Å². The van der Waals surface area contributed by atoms with E-state index in [0.29, 0.717) is 6.04 Å². The summed E-state index contributed by atoms with van der Waals surface area (Å²) in [5.74, 6) is 0.976. The third-order valence-corrected chi connectivity index (χ3v) is 4.31. The molecular weight excluding hydrogens is 266 g/mol. The molecule has 1 aromatic heterocycles. The molecule has 1 heterocycles. The summed E-state index contributed by atoms with van der Waals surface area (Å²) < 4.78 is 5.85. The molecule has 0 aliphatic carbocycles. The summed E-state index contributed by atoms with van der Waals surface area (Å²) in [6.07, 6.45) is 0.202. The second-order valence-electron chi connectivity index (χ2n) is 5.33. The first-order valence-corrected chi connectivity index (χ1v) is 7.92. The van der Waals surface area contributed by atoms with E-state index in [0.717, 1.165) is 12.3 Å². The summed E-state index contributed by atoms with van der Waals surface area (Å²) in [5.41, 5.74) is 1.21. The Morgan fingerprint density at radius 2 is 1.85 bits per heavy atom. The van der Waals surface area contributed by atoms with Gasteiger partial charge in [-0.25, -0.2) is 0 Å². The number of aryl methyl sites for hydroxylation is 1. The zero-order valence-electron chi connectivity index (χ0n) is 12.6. The number of hydrogen-bond acceptors (Lipinski definition) is 3. The molecule has 2 aromatic rings. The molecule has 0 saturated heterocycles. The maximum atomic E-state index is 5.85. The zero-order chi connectivity index (χ0) is 14.5. The average Bonchev–Trinajstić information content (AvgIpc) is 2.83. The SMILES string of the molecule is Cc1ccc(C(C)NCc2ccccc2OC(C)C)s1. The molecule has 0 amide bonds. The van der Waals surface area contributed by atoms with E-state index in [2.05, 4.69) is 57.3 Å². The fraction of sp³-hybridized carbons (Fsp3) is 0.412. The van der Waals surface area contributed by atoms with Crippen molar-refractivity contribution < 1.29 is 4.74 Å². The molecule has 1 N–H and O–H groups in total. The highest BCUT2D eigenvalue weighted by Gasteiger charge is 2.09. The second kappa shape index (κ2) is 6.91. The summed E-state index contributed by atoms with van der Waals surface area (Å²) in [7, 11) is 0. The van der Waals surface area contributed by atoms with Crippen molar-refractivity contribution in [1.29, 1.82) is 0 Å². The van der Waals surface area contributed by atoms with Gasteiger partial charge in [0.2, 0.25) is 0 Å². The quantitative estimate of drug-likeness (QED) is 0.832. The smallest absolute Gasteiger partial charge is 0.124 e. The molecule has 1 unspecified atom stereocenters. The van der Waals surface area contributed by atoms with Crippen molar-refractivity contribution in [2.75, 3.05) is 0 Å². The summed E-state index contributed by atoms with van der Waals surface area (Å²) >= 11 is 1.85. The summed E-state index contributed by atoms with van der Waals surface area (Å²) in [6, 6.07) is 13.0. The highest BCUT2D eigenvalue weighted by atomic mass is 32.1.